The van der Waals surface area contributed by atoms with E-state index in [0.29, 0.717) is 5.92 Å². The number of amides is 1. The second-order valence-corrected chi connectivity index (χ2v) is 11.5. The third-order valence-electron chi connectivity index (χ3n) is 8.65. The van der Waals surface area contributed by atoms with Gasteiger partial charge >= 0.3 is 5.97 Å². The second kappa shape index (κ2) is 9.60. The molecule has 5 saturated carbocycles. The van der Waals surface area contributed by atoms with Crippen molar-refractivity contribution in [2.45, 2.75) is 83.5 Å². The van der Waals surface area contributed by atoms with Gasteiger partial charge in [-0.25, -0.2) is 9.78 Å². The van der Waals surface area contributed by atoms with Crippen LogP contribution < -0.4 is 10.1 Å². The van der Waals surface area contributed by atoms with E-state index >= 15 is 0 Å². The molecular weight excluding hydrogens is 448 g/mol. The van der Waals surface area contributed by atoms with Crippen molar-refractivity contribution >= 4 is 11.9 Å². The first kappa shape index (κ1) is 24.3. The lowest BCUT2D eigenvalue weighted by Gasteiger charge is -2.59. The van der Waals surface area contributed by atoms with Crippen molar-refractivity contribution < 1.29 is 28.9 Å². The first-order valence-corrected chi connectivity index (χ1v) is 13.1. The molecule has 5 fully saturated rings. The van der Waals surface area contributed by atoms with Gasteiger partial charge in [-0.1, -0.05) is 0 Å². The molecule has 8 nitrogen and oxygen atoms in total. The molecule has 6 rings (SSSR count). The monoisotopic (exact) mass is 486 g/mol. The van der Waals surface area contributed by atoms with Crippen LogP contribution in [0.5, 0.6) is 11.5 Å². The predicted octanol–water partition coefficient (Wildman–Crippen LogP) is 3.86. The fraction of sp³-hybridized carbons (Fsp3) is 0.741. The van der Waals surface area contributed by atoms with E-state index in [1.54, 1.807) is 6.92 Å². The number of aromatic nitrogens is 1. The Morgan fingerprint density at radius 1 is 1.14 bits per heavy atom. The molecule has 5 aliphatic carbocycles. The summed E-state index contributed by atoms with van der Waals surface area (Å²) in [5.74, 6) is 1.55. The van der Waals surface area contributed by atoms with E-state index in [0.717, 1.165) is 24.4 Å². The van der Waals surface area contributed by atoms with Gasteiger partial charge in [0.15, 0.2) is 17.2 Å². The molecule has 1 amide bonds. The minimum absolute atomic E-state index is 0.0894. The lowest BCUT2D eigenvalue weighted by Crippen LogP contribution is -2.56. The second-order valence-electron chi connectivity index (χ2n) is 11.5. The van der Waals surface area contributed by atoms with Gasteiger partial charge in [0.05, 0.1) is 13.2 Å². The van der Waals surface area contributed by atoms with Gasteiger partial charge in [0.25, 0.3) is 5.91 Å². The molecule has 0 radical (unpaired) electrons. The highest BCUT2D eigenvalue weighted by atomic mass is 16.6. The summed E-state index contributed by atoms with van der Waals surface area (Å²) in [5.41, 5.74) is -0.108. The summed E-state index contributed by atoms with van der Waals surface area (Å²) in [5, 5.41) is 12.8. The predicted molar refractivity (Wildman–Crippen MR) is 128 cm³/mol. The minimum atomic E-state index is -0.905. The molecular formula is C27H38N2O6. The average molecular weight is 487 g/mol. The van der Waals surface area contributed by atoms with Crippen LogP contribution in [-0.2, 0) is 14.3 Å². The Labute approximate surface area is 207 Å². The van der Waals surface area contributed by atoms with Gasteiger partial charge in [0, 0.05) is 24.3 Å². The van der Waals surface area contributed by atoms with Crippen LogP contribution in [-0.4, -0.2) is 53.9 Å². The molecule has 4 bridgehead atoms. The summed E-state index contributed by atoms with van der Waals surface area (Å²) in [7, 11) is 1.39. The highest BCUT2D eigenvalue weighted by Crippen LogP contribution is 2.62. The standard InChI is InChI=1S/C27H38N2O6/c1-15(29-25(31)22-23(30)21(33-3)6-7-28-22)26(32)35-16(2)24(34-14-17-4-5-17)27-11-18-8-19(12-27)10-20(9-18)13-27/h6-7,15-20,24,30H,4-5,8-14H2,1-3H3,(H,29,31)/t15-,16-,18?,19?,20?,24+,27?/m0/s1. The van der Waals surface area contributed by atoms with E-state index in [2.05, 4.69) is 10.3 Å². The van der Waals surface area contributed by atoms with Crippen LogP contribution >= 0.6 is 0 Å². The summed E-state index contributed by atoms with van der Waals surface area (Å²) in [4.78, 5) is 29.6. The normalized spacial score (nSPS) is 31.5. The highest BCUT2D eigenvalue weighted by molar-refractivity contribution is 5.97. The zero-order chi connectivity index (χ0) is 24.7. The molecule has 0 saturated heterocycles. The van der Waals surface area contributed by atoms with Crippen molar-refractivity contribution in [3.05, 3.63) is 18.0 Å². The maximum atomic E-state index is 13.0. The third-order valence-corrected chi connectivity index (χ3v) is 8.65. The topological polar surface area (TPSA) is 107 Å². The van der Waals surface area contributed by atoms with Crippen LogP contribution in [0.15, 0.2) is 12.3 Å². The number of nitrogens with one attached hydrogen (secondary N) is 1. The van der Waals surface area contributed by atoms with Crippen molar-refractivity contribution in [2.24, 2.45) is 29.1 Å². The number of hydrogen-bond acceptors (Lipinski definition) is 7. The van der Waals surface area contributed by atoms with Crippen molar-refractivity contribution in [1.82, 2.24) is 10.3 Å². The number of esters is 1. The van der Waals surface area contributed by atoms with E-state index in [4.69, 9.17) is 14.2 Å². The van der Waals surface area contributed by atoms with Gasteiger partial charge in [0.2, 0.25) is 0 Å². The summed E-state index contributed by atoms with van der Waals surface area (Å²) in [6.07, 6.45) is 10.8. The van der Waals surface area contributed by atoms with Crippen LogP contribution in [0.2, 0.25) is 0 Å². The largest absolute Gasteiger partial charge is 0.503 e. The molecule has 5 aliphatic rings. The van der Waals surface area contributed by atoms with Crippen LogP contribution in [0, 0.1) is 29.1 Å². The fourth-order valence-corrected chi connectivity index (χ4v) is 7.30. The van der Waals surface area contributed by atoms with E-state index < -0.39 is 24.0 Å². The van der Waals surface area contributed by atoms with E-state index in [1.807, 2.05) is 6.92 Å². The molecule has 2 N–H and O–H groups in total. The Morgan fingerprint density at radius 2 is 1.77 bits per heavy atom. The fourth-order valence-electron chi connectivity index (χ4n) is 7.30. The lowest BCUT2D eigenvalue weighted by atomic mass is 9.47. The SMILES string of the molecule is COc1ccnc(C(=O)N[C@@H](C)C(=O)O[C@@H](C)[C@@H](OCC2CC2)C23CC4CC(CC(C4)C2)C3)c1O. The molecule has 8 heteroatoms. The Bertz CT molecular complexity index is 926. The van der Waals surface area contributed by atoms with Crippen molar-refractivity contribution in [2.75, 3.05) is 13.7 Å². The number of carbonyl (C=O) groups is 2. The minimum Gasteiger partial charge on any atom is -0.503 e. The maximum absolute atomic E-state index is 13.0. The molecule has 0 aromatic carbocycles. The van der Waals surface area contributed by atoms with Gasteiger partial charge in [-0.2, -0.15) is 0 Å². The van der Waals surface area contributed by atoms with Crippen LogP contribution in [0.4, 0.5) is 0 Å². The van der Waals surface area contributed by atoms with Gasteiger partial charge < -0.3 is 24.6 Å². The number of aromatic hydroxyl groups is 1. The van der Waals surface area contributed by atoms with Crippen LogP contribution in [0.25, 0.3) is 0 Å². The molecule has 3 atom stereocenters. The smallest absolute Gasteiger partial charge is 0.328 e. The Hall–Kier alpha value is -2.35. The first-order valence-electron chi connectivity index (χ1n) is 13.1. The molecule has 1 heterocycles. The van der Waals surface area contributed by atoms with Crippen LogP contribution in [0.1, 0.15) is 75.7 Å². The molecule has 0 aliphatic heterocycles. The quantitative estimate of drug-likeness (QED) is 0.484. The number of hydrogen-bond donors (Lipinski definition) is 2. The van der Waals surface area contributed by atoms with Gasteiger partial charge in [-0.05, 0) is 88.9 Å². The number of rotatable bonds is 10. The number of nitrogens with zero attached hydrogens (tertiary/aromatic N) is 1. The highest BCUT2D eigenvalue weighted by Gasteiger charge is 2.56. The third kappa shape index (κ3) is 4.99. The van der Waals surface area contributed by atoms with Crippen LogP contribution in [0.3, 0.4) is 0 Å². The number of methoxy groups -OCH3 is 1. The molecule has 35 heavy (non-hydrogen) atoms. The Morgan fingerprint density at radius 3 is 2.34 bits per heavy atom. The number of ether oxygens (including phenoxy) is 3. The molecule has 0 unspecified atom stereocenters. The Balaban J connectivity index is 1.25. The summed E-state index contributed by atoms with van der Waals surface area (Å²) in [6.45, 7) is 4.26. The van der Waals surface area contributed by atoms with Crippen molar-refractivity contribution in [3.63, 3.8) is 0 Å². The first-order chi connectivity index (χ1) is 16.8. The maximum Gasteiger partial charge on any atom is 0.328 e. The Kier molecular flexibility index (Phi) is 6.68. The molecule has 1 aromatic rings. The van der Waals surface area contributed by atoms with Gasteiger partial charge in [-0.3, -0.25) is 4.79 Å². The average Bonchev–Trinajstić information content (AvgIpc) is 3.62. The zero-order valence-corrected chi connectivity index (χ0v) is 21.0. The number of carbonyl (C=O) groups excluding carboxylic acids is 2. The number of pyridine rings is 1. The summed E-state index contributed by atoms with van der Waals surface area (Å²) >= 11 is 0. The van der Waals surface area contributed by atoms with Crippen molar-refractivity contribution in [1.29, 1.82) is 0 Å². The molecule has 192 valence electrons. The van der Waals surface area contributed by atoms with Crippen molar-refractivity contribution in [3.8, 4) is 11.5 Å². The summed E-state index contributed by atoms with van der Waals surface area (Å²) in [6, 6.07) is 0.551. The summed E-state index contributed by atoms with van der Waals surface area (Å²) < 4.78 is 17.5. The van der Waals surface area contributed by atoms with Gasteiger partial charge in [0.1, 0.15) is 12.1 Å². The zero-order valence-electron chi connectivity index (χ0n) is 21.0. The van der Waals surface area contributed by atoms with E-state index in [-0.39, 0.29) is 28.7 Å². The molecule has 1 aromatic heterocycles. The lowest BCUT2D eigenvalue weighted by molar-refractivity contribution is -0.192. The van der Waals surface area contributed by atoms with E-state index in [1.165, 1.54) is 70.7 Å². The molecule has 0 spiro atoms. The van der Waals surface area contributed by atoms with Gasteiger partial charge in [-0.15, -0.1) is 0 Å². The van der Waals surface area contributed by atoms with E-state index in [9.17, 15) is 14.7 Å².